The summed E-state index contributed by atoms with van der Waals surface area (Å²) in [4.78, 5) is 22.0. The summed E-state index contributed by atoms with van der Waals surface area (Å²) < 4.78 is 4.78. The number of rotatable bonds is 5. The molecule has 1 rings (SSSR count). The van der Waals surface area contributed by atoms with Gasteiger partial charge in [0.2, 0.25) is 0 Å². The van der Waals surface area contributed by atoms with Crippen molar-refractivity contribution in [2.24, 2.45) is 5.73 Å². The van der Waals surface area contributed by atoms with Gasteiger partial charge < -0.3 is 15.6 Å². The number of hydrogen-bond acceptors (Lipinski definition) is 6. The standard InChI is InChI=1S/C13H18N2O5/c1-4-20-13(17)10(14)6-9-8(3)12(15(18)19)7(2)5-11(9)16/h5,10,16H,4,6,14H2,1-3H3. The molecule has 0 bridgehead atoms. The number of esters is 1. The second-order valence-electron chi connectivity index (χ2n) is 4.48. The van der Waals surface area contributed by atoms with Crippen LogP contribution in [0.3, 0.4) is 0 Å². The Morgan fingerprint density at radius 3 is 2.65 bits per heavy atom. The van der Waals surface area contributed by atoms with Gasteiger partial charge in [-0.1, -0.05) is 0 Å². The average Bonchev–Trinajstić information content (AvgIpc) is 2.33. The molecule has 0 amide bonds. The minimum atomic E-state index is -0.970. The SMILES string of the molecule is CCOC(=O)C(N)Cc1c(O)cc(C)c([N+](=O)[O-])c1C. The Morgan fingerprint density at radius 1 is 1.55 bits per heavy atom. The second kappa shape index (κ2) is 6.33. The predicted octanol–water partition coefficient (Wildman–Crippen LogP) is 1.35. The molecule has 1 unspecified atom stereocenters. The number of phenolic OH excluding ortho intramolecular Hbond substituents is 1. The minimum Gasteiger partial charge on any atom is -0.508 e. The molecule has 0 heterocycles. The first-order chi connectivity index (χ1) is 9.29. The first-order valence-electron chi connectivity index (χ1n) is 6.18. The number of hydrogen-bond donors (Lipinski definition) is 2. The Morgan fingerprint density at radius 2 is 2.15 bits per heavy atom. The Balaban J connectivity index is 3.16. The van der Waals surface area contributed by atoms with E-state index in [4.69, 9.17) is 10.5 Å². The lowest BCUT2D eigenvalue weighted by atomic mass is 9.96. The molecule has 0 radical (unpaired) electrons. The van der Waals surface area contributed by atoms with Crippen LogP contribution in [0.25, 0.3) is 0 Å². The number of nitro benzene ring substituents is 1. The first kappa shape index (κ1) is 15.9. The summed E-state index contributed by atoms with van der Waals surface area (Å²) in [6.07, 6.45) is -0.0162. The summed E-state index contributed by atoms with van der Waals surface area (Å²) >= 11 is 0. The number of ether oxygens (including phenoxy) is 1. The fourth-order valence-corrected chi connectivity index (χ4v) is 2.08. The van der Waals surface area contributed by atoms with E-state index < -0.39 is 16.9 Å². The zero-order valence-electron chi connectivity index (χ0n) is 11.7. The number of nitrogens with zero attached hydrogens (tertiary/aromatic N) is 1. The summed E-state index contributed by atoms with van der Waals surface area (Å²) in [7, 11) is 0. The molecule has 3 N–H and O–H groups in total. The van der Waals surface area contributed by atoms with Crippen molar-refractivity contribution < 1.29 is 19.6 Å². The van der Waals surface area contributed by atoms with Crippen LogP contribution < -0.4 is 5.73 Å². The van der Waals surface area contributed by atoms with Gasteiger partial charge in [-0.25, -0.2) is 0 Å². The normalized spacial score (nSPS) is 12.0. The van der Waals surface area contributed by atoms with E-state index in [9.17, 15) is 20.0 Å². The number of carbonyl (C=O) groups excluding carboxylic acids is 1. The fraction of sp³-hybridized carbons (Fsp3) is 0.462. The van der Waals surface area contributed by atoms with Crippen molar-refractivity contribution in [2.75, 3.05) is 6.61 Å². The summed E-state index contributed by atoms with van der Waals surface area (Å²) in [5, 5.41) is 20.9. The van der Waals surface area contributed by atoms with E-state index in [0.717, 1.165) is 0 Å². The molecule has 1 atom stereocenters. The largest absolute Gasteiger partial charge is 0.508 e. The summed E-state index contributed by atoms with van der Waals surface area (Å²) in [6, 6.07) is 0.333. The highest BCUT2D eigenvalue weighted by atomic mass is 16.6. The van der Waals surface area contributed by atoms with Crippen molar-refractivity contribution >= 4 is 11.7 Å². The van der Waals surface area contributed by atoms with Crippen molar-refractivity contribution in [1.82, 2.24) is 0 Å². The van der Waals surface area contributed by atoms with Gasteiger partial charge in [-0.3, -0.25) is 14.9 Å². The quantitative estimate of drug-likeness (QED) is 0.478. The molecule has 0 aromatic heterocycles. The van der Waals surface area contributed by atoms with Crippen molar-refractivity contribution in [1.29, 1.82) is 0 Å². The molecule has 0 aliphatic heterocycles. The molecule has 0 fully saturated rings. The predicted molar refractivity (Wildman–Crippen MR) is 72.5 cm³/mol. The second-order valence-corrected chi connectivity index (χ2v) is 4.48. The lowest BCUT2D eigenvalue weighted by Crippen LogP contribution is -2.34. The third-order valence-corrected chi connectivity index (χ3v) is 3.04. The lowest BCUT2D eigenvalue weighted by molar-refractivity contribution is -0.386. The number of nitro groups is 1. The highest BCUT2D eigenvalue weighted by molar-refractivity contribution is 5.76. The Bertz CT molecular complexity index is 542. The monoisotopic (exact) mass is 282 g/mol. The van der Waals surface area contributed by atoms with Crippen LogP contribution in [0.15, 0.2) is 6.07 Å². The lowest BCUT2D eigenvalue weighted by Gasteiger charge is -2.14. The highest BCUT2D eigenvalue weighted by Gasteiger charge is 2.24. The highest BCUT2D eigenvalue weighted by Crippen LogP contribution is 2.33. The van der Waals surface area contributed by atoms with E-state index >= 15 is 0 Å². The van der Waals surface area contributed by atoms with Crippen LogP contribution in [0.4, 0.5) is 5.69 Å². The van der Waals surface area contributed by atoms with Crippen molar-refractivity contribution in [3.05, 3.63) is 32.9 Å². The Kier molecular flexibility index (Phi) is 5.04. The third kappa shape index (κ3) is 3.24. The van der Waals surface area contributed by atoms with Gasteiger partial charge in [0, 0.05) is 23.1 Å². The van der Waals surface area contributed by atoms with Crippen LogP contribution in [-0.4, -0.2) is 28.6 Å². The maximum absolute atomic E-state index is 11.5. The van der Waals surface area contributed by atoms with Gasteiger partial charge >= 0.3 is 5.97 Å². The van der Waals surface area contributed by atoms with Crippen molar-refractivity contribution in [3.8, 4) is 5.75 Å². The van der Waals surface area contributed by atoms with Gasteiger partial charge in [0.1, 0.15) is 11.8 Å². The van der Waals surface area contributed by atoms with Crippen LogP contribution in [0, 0.1) is 24.0 Å². The van der Waals surface area contributed by atoms with E-state index in [0.29, 0.717) is 16.7 Å². The maximum Gasteiger partial charge on any atom is 0.323 e. The molecular formula is C13H18N2O5. The summed E-state index contributed by atoms with van der Waals surface area (Å²) in [5.41, 5.74) is 6.57. The van der Waals surface area contributed by atoms with Gasteiger partial charge in [-0.2, -0.15) is 0 Å². The Labute approximate surface area is 116 Å². The van der Waals surface area contributed by atoms with Crippen LogP contribution in [0.2, 0.25) is 0 Å². The number of benzene rings is 1. The van der Waals surface area contributed by atoms with Gasteiger partial charge in [0.15, 0.2) is 0 Å². The number of aromatic hydroxyl groups is 1. The Hall–Kier alpha value is -2.15. The molecule has 7 heteroatoms. The number of carbonyl (C=O) groups is 1. The third-order valence-electron chi connectivity index (χ3n) is 3.04. The number of phenols is 1. The van der Waals surface area contributed by atoms with E-state index in [-0.39, 0.29) is 24.5 Å². The van der Waals surface area contributed by atoms with E-state index in [2.05, 4.69) is 0 Å². The van der Waals surface area contributed by atoms with Crippen LogP contribution in [0.1, 0.15) is 23.6 Å². The van der Waals surface area contributed by atoms with Gasteiger partial charge in [0.05, 0.1) is 11.5 Å². The molecule has 110 valence electrons. The van der Waals surface area contributed by atoms with Crippen LogP contribution in [-0.2, 0) is 16.0 Å². The number of nitrogens with two attached hydrogens (primary N) is 1. The molecule has 1 aromatic rings. The summed E-state index contributed by atoms with van der Waals surface area (Å²) in [6.45, 7) is 4.92. The zero-order chi connectivity index (χ0) is 15.4. The van der Waals surface area contributed by atoms with E-state index in [1.807, 2.05) is 0 Å². The van der Waals surface area contributed by atoms with Gasteiger partial charge in [-0.15, -0.1) is 0 Å². The molecule has 7 nitrogen and oxygen atoms in total. The van der Waals surface area contributed by atoms with Gasteiger partial charge in [0.25, 0.3) is 5.69 Å². The van der Waals surface area contributed by atoms with Crippen LogP contribution in [0.5, 0.6) is 5.75 Å². The van der Waals surface area contributed by atoms with Gasteiger partial charge in [-0.05, 0) is 26.8 Å². The fourth-order valence-electron chi connectivity index (χ4n) is 2.08. The van der Waals surface area contributed by atoms with Crippen LogP contribution >= 0.6 is 0 Å². The molecule has 0 saturated carbocycles. The molecule has 0 aliphatic rings. The molecule has 1 aromatic carbocycles. The summed E-state index contributed by atoms with van der Waals surface area (Å²) in [5.74, 6) is -0.708. The number of aryl methyl sites for hydroxylation is 1. The topological polar surface area (TPSA) is 116 Å². The van der Waals surface area contributed by atoms with Crippen molar-refractivity contribution in [2.45, 2.75) is 33.2 Å². The molecule has 0 saturated heterocycles. The zero-order valence-corrected chi connectivity index (χ0v) is 11.7. The van der Waals surface area contributed by atoms with E-state index in [1.54, 1.807) is 13.8 Å². The smallest absolute Gasteiger partial charge is 0.323 e. The molecule has 0 spiro atoms. The maximum atomic E-state index is 11.5. The average molecular weight is 282 g/mol. The minimum absolute atomic E-state index is 0.0162. The van der Waals surface area contributed by atoms with Crippen molar-refractivity contribution in [3.63, 3.8) is 0 Å². The molecule has 20 heavy (non-hydrogen) atoms. The molecule has 0 aliphatic carbocycles. The first-order valence-corrected chi connectivity index (χ1v) is 6.18. The molecular weight excluding hydrogens is 264 g/mol. The van der Waals surface area contributed by atoms with E-state index in [1.165, 1.54) is 13.0 Å².